The number of fused-ring (bicyclic) bond motifs is 1. The van der Waals surface area contributed by atoms with Gasteiger partial charge in [-0.25, -0.2) is 0 Å². The molecule has 0 heterocycles. The molecule has 6 nitrogen and oxygen atoms in total. The van der Waals surface area contributed by atoms with Crippen molar-refractivity contribution in [1.29, 1.82) is 0 Å². The van der Waals surface area contributed by atoms with Crippen molar-refractivity contribution in [2.45, 2.75) is 12.2 Å². The Kier molecular flexibility index (Phi) is 2.37. The second-order valence-electron chi connectivity index (χ2n) is 3.53. The third-order valence-electron chi connectivity index (χ3n) is 2.62. The summed E-state index contributed by atoms with van der Waals surface area (Å²) in [5.41, 5.74) is 5.76. The van der Waals surface area contributed by atoms with E-state index in [1.165, 1.54) is 0 Å². The van der Waals surface area contributed by atoms with Crippen LogP contribution < -0.4 is 5.73 Å². The van der Waals surface area contributed by atoms with E-state index in [1.807, 2.05) is 0 Å². The monoisotopic (exact) mass is 222 g/mol. The fourth-order valence-electron chi connectivity index (χ4n) is 1.82. The van der Waals surface area contributed by atoms with Crippen molar-refractivity contribution in [3.63, 3.8) is 0 Å². The summed E-state index contributed by atoms with van der Waals surface area (Å²) in [4.78, 5) is 9.96. The zero-order chi connectivity index (χ0) is 11.9. The Bertz CT molecular complexity index is 483. The zero-order valence-electron chi connectivity index (χ0n) is 8.20. The minimum atomic E-state index is -1.59. The molecule has 1 aromatic carbocycles. The Morgan fingerprint density at radius 1 is 1.25 bits per heavy atom. The van der Waals surface area contributed by atoms with Gasteiger partial charge in [0.25, 0.3) is 0 Å². The topological polar surface area (TPSA) is 110 Å². The van der Waals surface area contributed by atoms with Gasteiger partial charge in [-0.05, 0) is 5.56 Å². The minimum absolute atomic E-state index is 0.0987. The Morgan fingerprint density at radius 3 is 2.50 bits per heavy atom. The van der Waals surface area contributed by atoms with Crippen molar-refractivity contribution in [2.75, 3.05) is 0 Å². The largest absolute Gasteiger partial charge is 0.393 e. The first kappa shape index (κ1) is 10.6. The van der Waals surface area contributed by atoms with Crippen LogP contribution in [0, 0.1) is 10.1 Å². The maximum Gasteiger partial charge on any atom is 0.300 e. The number of hydrogen-bond donors (Lipinski definition) is 3. The number of rotatable bonds is 1. The molecule has 2 unspecified atom stereocenters. The van der Waals surface area contributed by atoms with Crippen molar-refractivity contribution >= 4 is 5.70 Å². The van der Waals surface area contributed by atoms with Crippen LogP contribution >= 0.6 is 0 Å². The van der Waals surface area contributed by atoms with Gasteiger partial charge < -0.3 is 15.9 Å². The highest BCUT2D eigenvalue weighted by molar-refractivity contribution is 5.70. The van der Waals surface area contributed by atoms with E-state index in [1.54, 1.807) is 24.3 Å². The van der Waals surface area contributed by atoms with Crippen LogP contribution in [0.25, 0.3) is 5.70 Å². The predicted octanol–water partition coefficient (Wildman–Crippen LogP) is -0.00150. The normalized spacial score (nSPS) is 24.1. The number of nitro groups is 1. The van der Waals surface area contributed by atoms with Gasteiger partial charge in [0.2, 0.25) is 0 Å². The second-order valence-corrected chi connectivity index (χ2v) is 3.53. The first-order valence-electron chi connectivity index (χ1n) is 4.63. The molecule has 0 saturated heterocycles. The highest BCUT2D eigenvalue weighted by atomic mass is 16.6. The number of benzene rings is 1. The summed E-state index contributed by atoms with van der Waals surface area (Å²) in [5, 5.41) is 30.0. The van der Waals surface area contributed by atoms with Crippen molar-refractivity contribution in [3.05, 3.63) is 51.2 Å². The first-order valence-corrected chi connectivity index (χ1v) is 4.63. The molecule has 0 aliphatic heterocycles. The van der Waals surface area contributed by atoms with Crippen LogP contribution in [0.5, 0.6) is 0 Å². The molecule has 16 heavy (non-hydrogen) atoms. The predicted molar refractivity (Wildman–Crippen MR) is 55.5 cm³/mol. The highest BCUT2D eigenvalue weighted by Gasteiger charge is 2.39. The molecule has 0 amide bonds. The van der Waals surface area contributed by atoms with E-state index in [2.05, 4.69) is 0 Å². The van der Waals surface area contributed by atoms with Crippen LogP contribution in [-0.4, -0.2) is 21.2 Å². The van der Waals surface area contributed by atoms with Crippen molar-refractivity contribution < 1.29 is 15.1 Å². The Balaban J connectivity index is 2.69. The van der Waals surface area contributed by atoms with Crippen LogP contribution in [0.15, 0.2) is 30.0 Å². The van der Waals surface area contributed by atoms with E-state index in [-0.39, 0.29) is 5.70 Å². The molecule has 1 aliphatic rings. The van der Waals surface area contributed by atoms with E-state index < -0.39 is 22.8 Å². The molecule has 84 valence electrons. The van der Waals surface area contributed by atoms with Crippen LogP contribution in [0.1, 0.15) is 17.2 Å². The highest BCUT2D eigenvalue weighted by Crippen LogP contribution is 2.35. The molecule has 2 atom stereocenters. The van der Waals surface area contributed by atoms with Crippen molar-refractivity contribution in [2.24, 2.45) is 5.73 Å². The van der Waals surface area contributed by atoms with Crippen LogP contribution in [0.4, 0.5) is 0 Å². The van der Waals surface area contributed by atoms with E-state index in [4.69, 9.17) is 5.73 Å². The molecule has 0 radical (unpaired) electrons. The van der Waals surface area contributed by atoms with Crippen molar-refractivity contribution in [1.82, 2.24) is 0 Å². The summed E-state index contributed by atoms with van der Waals surface area (Å²) in [6.07, 6.45) is -2.91. The number of nitrogens with zero attached hydrogens (tertiary/aromatic N) is 1. The molecular formula is C10H10N2O4. The fourth-order valence-corrected chi connectivity index (χ4v) is 1.82. The van der Waals surface area contributed by atoms with Gasteiger partial charge in [-0.15, -0.1) is 0 Å². The number of nitrogens with two attached hydrogens (primary N) is 1. The van der Waals surface area contributed by atoms with E-state index in [0.29, 0.717) is 11.1 Å². The third kappa shape index (κ3) is 1.36. The smallest absolute Gasteiger partial charge is 0.300 e. The summed E-state index contributed by atoms with van der Waals surface area (Å²) in [7, 11) is 0. The molecule has 0 fully saturated rings. The van der Waals surface area contributed by atoms with Gasteiger partial charge in [0, 0.05) is 5.56 Å². The van der Waals surface area contributed by atoms with Gasteiger partial charge >= 0.3 is 5.70 Å². The van der Waals surface area contributed by atoms with Gasteiger partial charge in [-0.1, -0.05) is 24.3 Å². The van der Waals surface area contributed by atoms with Gasteiger partial charge in [0.05, 0.1) is 4.92 Å². The molecular weight excluding hydrogens is 212 g/mol. The van der Waals surface area contributed by atoms with Crippen LogP contribution in [-0.2, 0) is 0 Å². The van der Waals surface area contributed by atoms with Crippen LogP contribution in [0.2, 0.25) is 0 Å². The van der Waals surface area contributed by atoms with Gasteiger partial charge in [0.1, 0.15) is 11.8 Å². The lowest BCUT2D eigenvalue weighted by Crippen LogP contribution is -2.32. The SMILES string of the molecule is NC1=C([N+](=O)[O-])C(O)C(O)c2ccccc21. The lowest BCUT2D eigenvalue weighted by atomic mass is 9.89. The molecule has 0 bridgehead atoms. The molecule has 2 rings (SSSR count). The fraction of sp³-hybridized carbons (Fsp3) is 0.200. The molecule has 1 aliphatic carbocycles. The average Bonchev–Trinajstić information content (AvgIpc) is 2.26. The quantitative estimate of drug-likeness (QED) is 0.457. The summed E-state index contributed by atoms with van der Waals surface area (Å²) in [5.74, 6) is 0. The van der Waals surface area contributed by atoms with Gasteiger partial charge in [-0.3, -0.25) is 10.1 Å². The Hall–Kier alpha value is -1.92. The Morgan fingerprint density at radius 2 is 1.88 bits per heavy atom. The maximum atomic E-state index is 10.7. The number of aliphatic hydroxyl groups excluding tert-OH is 2. The summed E-state index contributed by atoms with van der Waals surface area (Å²) < 4.78 is 0. The lowest BCUT2D eigenvalue weighted by molar-refractivity contribution is -0.438. The van der Waals surface area contributed by atoms with Gasteiger partial charge in [-0.2, -0.15) is 0 Å². The molecule has 4 N–H and O–H groups in total. The van der Waals surface area contributed by atoms with E-state index >= 15 is 0 Å². The zero-order valence-corrected chi connectivity index (χ0v) is 8.20. The molecule has 0 spiro atoms. The Labute approximate surface area is 90.8 Å². The third-order valence-corrected chi connectivity index (χ3v) is 2.62. The van der Waals surface area contributed by atoms with E-state index in [0.717, 1.165) is 0 Å². The lowest BCUT2D eigenvalue weighted by Gasteiger charge is -2.24. The summed E-state index contributed by atoms with van der Waals surface area (Å²) >= 11 is 0. The summed E-state index contributed by atoms with van der Waals surface area (Å²) in [6, 6.07) is 6.48. The molecule has 0 saturated carbocycles. The first-order chi connectivity index (χ1) is 7.54. The minimum Gasteiger partial charge on any atom is -0.393 e. The maximum absolute atomic E-state index is 10.7. The number of hydrogen-bond acceptors (Lipinski definition) is 5. The van der Waals surface area contributed by atoms with Gasteiger partial charge in [0.15, 0.2) is 6.10 Å². The van der Waals surface area contributed by atoms with Crippen molar-refractivity contribution in [3.8, 4) is 0 Å². The molecule has 6 heteroatoms. The molecule has 1 aromatic rings. The number of aliphatic hydroxyl groups is 2. The summed E-state index contributed by atoms with van der Waals surface area (Å²) in [6.45, 7) is 0. The molecule has 0 aromatic heterocycles. The van der Waals surface area contributed by atoms with Crippen LogP contribution in [0.3, 0.4) is 0 Å². The average molecular weight is 222 g/mol. The standard InChI is InChI=1S/C10H10N2O4/c11-7-5-3-1-2-4-6(5)9(13)10(14)8(7)12(15)16/h1-4,9-10,13-14H,11H2. The second kappa shape index (κ2) is 3.58. The van der Waals surface area contributed by atoms with E-state index in [9.17, 15) is 20.3 Å².